The zero-order chi connectivity index (χ0) is 12.7. The van der Waals surface area contributed by atoms with Crippen LogP contribution in [-0.2, 0) is 6.54 Å². The predicted molar refractivity (Wildman–Crippen MR) is 67.0 cm³/mol. The topological polar surface area (TPSA) is 61.7 Å². The van der Waals surface area contributed by atoms with Crippen molar-refractivity contribution in [3.63, 3.8) is 0 Å². The molecule has 0 bridgehead atoms. The van der Waals surface area contributed by atoms with Crippen LogP contribution >= 0.6 is 0 Å². The number of hydrogen-bond acceptors (Lipinski definition) is 4. The Bertz CT molecular complexity index is 328. The van der Waals surface area contributed by atoms with Gasteiger partial charge in [0.25, 0.3) is 0 Å². The van der Waals surface area contributed by atoms with Crippen LogP contribution in [-0.4, -0.2) is 35.6 Å². The maximum atomic E-state index is 9.17. The van der Waals surface area contributed by atoms with Crippen molar-refractivity contribution in [3.05, 3.63) is 29.8 Å². The van der Waals surface area contributed by atoms with E-state index in [2.05, 4.69) is 5.32 Å². The molecule has 0 saturated carbocycles. The van der Waals surface area contributed by atoms with Gasteiger partial charge < -0.3 is 20.3 Å². The SMILES string of the molecule is CC(C)Oc1cccc(CNCC(O)CO)c1. The molecule has 17 heavy (non-hydrogen) atoms. The molecular formula is C13H21NO3. The van der Waals surface area contributed by atoms with Crippen molar-refractivity contribution in [3.8, 4) is 5.75 Å². The summed E-state index contributed by atoms with van der Waals surface area (Å²) >= 11 is 0. The monoisotopic (exact) mass is 239 g/mol. The summed E-state index contributed by atoms with van der Waals surface area (Å²) in [5, 5.41) is 20.9. The van der Waals surface area contributed by atoms with E-state index in [1.54, 1.807) is 0 Å². The van der Waals surface area contributed by atoms with Crippen molar-refractivity contribution >= 4 is 0 Å². The lowest BCUT2D eigenvalue weighted by molar-refractivity contribution is 0.0942. The van der Waals surface area contributed by atoms with Crippen LogP contribution in [0.4, 0.5) is 0 Å². The Balaban J connectivity index is 2.43. The maximum absolute atomic E-state index is 9.17. The van der Waals surface area contributed by atoms with Crippen molar-refractivity contribution < 1.29 is 14.9 Å². The van der Waals surface area contributed by atoms with Gasteiger partial charge in [-0.25, -0.2) is 0 Å². The van der Waals surface area contributed by atoms with Gasteiger partial charge in [0.15, 0.2) is 0 Å². The standard InChI is InChI=1S/C13H21NO3/c1-10(2)17-13-5-3-4-11(6-13)7-14-8-12(16)9-15/h3-6,10,12,14-16H,7-9H2,1-2H3. The van der Waals surface area contributed by atoms with Crippen LogP contribution in [0.2, 0.25) is 0 Å². The first-order valence-electron chi connectivity index (χ1n) is 5.87. The quantitative estimate of drug-likeness (QED) is 0.662. The van der Waals surface area contributed by atoms with Crippen molar-refractivity contribution in [1.82, 2.24) is 5.32 Å². The molecule has 1 aromatic carbocycles. The normalized spacial score (nSPS) is 12.8. The lowest BCUT2D eigenvalue weighted by Gasteiger charge is -2.12. The molecular weight excluding hydrogens is 218 g/mol. The van der Waals surface area contributed by atoms with Gasteiger partial charge in [-0.2, -0.15) is 0 Å². The maximum Gasteiger partial charge on any atom is 0.120 e. The van der Waals surface area contributed by atoms with Gasteiger partial charge in [0, 0.05) is 13.1 Å². The molecule has 1 rings (SSSR count). The second-order valence-corrected chi connectivity index (χ2v) is 4.28. The zero-order valence-electron chi connectivity index (χ0n) is 10.4. The highest BCUT2D eigenvalue weighted by Gasteiger charge is 2.02. The van der Waals surface area contributed by atoms with E-state index in [1.165, 1.54) is 0 Å². The third kappa shape index (κ3) is 5.68. The average molecular weight is 239 g/mol. The predicted octanol–water partition coefficient (Wildman–Crippen LogP) is 0.917. The third-order valence-corrected chi connectivity index (χ3v) is 2.19. The van der Waals surface area contributed by atoms with Gasteiger partial charge in [-0.3, -0.25) is 0 Å². The summed E-state index contributed by atoms with van der Waals surface area (Å²) in [6, 6.07) is 7.83. The highest BCUT2D eigenvalue weighted by molar-refractivity contribution is 5.28. The van der Waals surface area contributed by atoms with E-state index in [1.807, 2.05) is 38.1 Å². The lowest BCUT2D eigenvalue weighted by Crippen LogP contribution is -2.28. The zero-order valence-corrected chi connectivity index (χ0v) is 10.4. The van der Waals surface area contributed by atoms with Crippen LogP contribution in [0.15, 0.2) is 24.3 Å². The van der Waals surface area contributed by atoms with Gasteiger partial charge in [0.2, 0.25) is 0 Å². The molecule has 0 heterocycles. The molecule has 0 spiro atoms. The van der Waals surface area contributed by atoms with Crippen molar-refractivity contribution in [1.29, 1.82) is 0 Å². The van der Waals surface area contributed by atoms with E-state index in [-0.39, 0.29) is 12.7 Å². The Kier molecular flexibility index (Phi) is 5.97. The molecule has 0 radical (unpaired) electrons. The number of rotatable bonds is 7. The van der Waals surface area contributed by atoms with E-state index in [0.29, 0.717) is 13.1 Å². The summed E-state index contributed by atoms with van der Waals surface area (Å²) in [6.45, 7) is 4.78. The summed E-state index contributed by atoms with van der Waals surface area (Å²) in [6.07, 6.45) is -0.542. The molecule has 96 valence electrons. The van der Waals surface area contributed by atoms with Crippen molar-refractivity contribution in [2.75, 3.05) is 13.2 Å². The minimum absolute atomic E-state index is 0.162. The fraction of sp³-hybridized carbons (Fsp3) is 0.538. The van der Waals surface area contributed by atoms with Gasteiger partial charge in [-0.05, 0) is 31.5 Å². The largest absolute Gasteiger partial charge is 0.491 e. The number of ether oxygens (including phenoxy) is 1. The highest BCUT2D eigenvalue weighted by atomic mass is 16.5. The van der Waals surface area contributed by atoms with E-state index in [0.717, 1.165) is 11.3 Å². The Morgan fingerprint density at radius 2 is 2.12 bits per heavy atom. The minimum Gasteiger partial charge on any atom is -0.491 e. The number of hydrogen-bond donors (Lipinski definition) is 3. The lowest BCUT2D eigenvalue weighted by atomic mass is 10.2. The van der Waals surface area contributed by atoms with E-state index in [9.17, 15) is 5.11 Å². The molecule has 3 N–H and O–H groups in total. The number of nitrogens with one attached hydrogen (secondary N) is 1. The molecule has 0 fully saturated rings. The molecule has 1 unspecified atom stereocenters. The Morgan fingerprint density at radius 3 is 2.76 bits per heavy atom. The van der Waals surface area contributed by atoms with Crippen LogP contribution in [0.3, 0.4) is 0 Å². The van der Waals surface area contributed by atoms with Gasteiger partial charge >= 0.3 is 0 Å². The van der Waals surface area contributed by atoms with E-state index in [4.69, 9.17) is 9.84 Å². The fourth-order valence-corrected chi connectivity index (χ4v) is 1.45. The molecule has 0 amide bonds. The van der Waals surface area contributed by atoms with Gasteiger partial charge in [-0.15, -0.1) is 0 Å². The molecule has 0 saturated heterocycles. The minimum atomic E-state index is -0.704. The van der Waals surface area contributed by atoms with Crippen LogP contribution in [0.1, 0.15) is 19.4 Å². The molecule has 1 atom stereocenters. The van der Waals surface area contributed by atoms with Crippen molar-refractivity contribution in [2.24, 2.45) is 0 Å². The third-order valence-electron chi connectivity index (χ3n) is 2.19. The highest BCUT2D eigenvalue weighted by Crippen LogP contribution is 2.14. The molecule has 4 heteroatoms. The Hall–Kier alpha value is -1.10. The summed E-state index contributed by atoms with van der Waals surface area (Å²) in [7, 11) is 0. The first-order chi connectivity index (χ1) is 8.11. The van der Waals surface area contributed by atoms with Crippen LogP contribution in [0.5, 0.6) is 5.75 Å². The second kappa shape index (κ2) is 7.27. The summed E-state index contributed by atoms with van der Waals surface area (Å²) in [4.78, 5) is 0. The molecule has 0 aromatic heterocycles. The van der Waals surface area contributed by atoms with Crippen LogP contribution in [0.25, 0.3) is 0 Å². The summed E-state index contributed by atoms with van der Waals surface area (Å²) < 4.78 is 5.59. The van der Waals surface area contributed by atoms with Gasteiger partial charge in [0.05, 0.1) is 18.8 Å². The second-order valence-electron chi connectivity index (χ2n) is 4.28. The number of aliphatic hydroxyl groups excluding tert-OH is 2. The number of aliphatic hydroxyl groups is 2. The van der Waals surface area contributed by atoms with E-state index < -0.39 is 6.10 Å². The fourth-order valence-electron chi connectivity index (χ4n) is 1.45. The first kappa shape index (κ1) is 14.0. The first-order valence-corrected chi connectivity index (χ1v) is 5.87. The summed E-state index contributed by atoms with van der Waals surface area (Å²) in [5.74, 6) is 0.849. The van der Waals surface area contributed by atoms with Gasteiger partial charge in [0.1, 0.15) is 5.75 Å². The molecule has 0 aliphatic heterocycles. The molecule has 0 aliphatic carbocycles. The Labute approximate surface area is 102 Å². The number of benzene rings is 1. The van der Waals surface area contributed by atoms with Crippen LogP contribution < -0.4 is 10.1 Å². The molecule has 4 nitrogen and oxygen atoms in total. The smallest absolute Gasteiger partial charge is 0.120 e. The molecule has 1 aromatic rings. The average Bonchev–Trinajstić information content (AvgIpc) is 2.28. The van der Waals surface area contributed by atoms with E-state index >= 15 is 0 Å². The summed E-state index contributed by atoms with van der Waals surface area (Å²) in [5.41, 5.74) is 1.09. The molecule has 0 aliphatic rings. The van der Waals surface area contributed by atoms with Crippen molar-refractivity contribution in [2.45, 2.75) is 32.6 Å². The van der Waals surface area contributed by atoms with Gasteiger partial charge in [-0.1, -0.05) is 12.1 Å². The van der Waals surface area contributed by atoms with Crippen LogP contribution in [0, 0.1) is 0 Å². The Morgan fingerprint density at radius 1 is 1.35 bits per heavy atom.